The van der Waals surface area contributed by atoms with Gasteiger partial charge < -0.3 is 60.7 Å². The number of aliphatic hydroxyl groups is 11. The maximum Gasteiger partial charge on any atom is 0.222 e. The summed E-state index contributed by atoms with van der Waals surface area (Å²) in [5.41, 5.74) is -1.87. The number of hydrogen-bond acceptors (Lipinski definition) is 13. The van der Waals surface area contributed by atoms with Crippen molar-refractivity contribution in [1.29, 1.82) is 0 Å². The second kappa shape index (κ2) is 8.65. The third kappa shape index (κ3) is 3.85. The summed E-state index contributed by atoms with van der Waals surface area (Å²) in [5.74, 6) is 0. The van der Waals surface area contributed by atoms with E-state index < -0.39 is 80.2 Å². The SMILES string of the molecule is O=C([C@H](O)[C@@H](O)[C@H](O)[C@H](O)CO)[PH](=O)[C@]1(O)[C@H](O)[C@H](O)[C@@H](O)[C@H](O)[C@H]1O. The molecule has 0 aliphatic heterocycles. The second-order valence-electron chi connectivity index (χ2n) is 6.06. The second-order valence-corrected chi connectivity index (χ2v) is 8.01. The Balaban J connectivity index is 3.10. The maximum absolute atomic E-state index is 12.3. The molecular formula is C12H23O13P. The van der Waals surface area contributed by atoms with Crippen LogP contribution in [0, 0.1) is 0 Å². The summed E-state index contributed by atoms with van der Waals surface area (Å²) in [5, 5.41) is 102. The van der Waals surface area contributed by atoms with Gasteiger partial charge in [0.1, 0.15) is 54.9 Å². The molecule has 1 saturated carbocycles. The van der Waals surface area contributed by atoms with E-state index in [1.165, 1.54) is 0 Å². The van der Waals surface area contributed by atoms with Gasteiger partial charge >= 0.3 is 0 Å². The molecule has 13 nitrogen and oxygen atoms in total. The molecule has 0 aromatic rings. The molecule has 0 radical (unpaired) electrons. The first kappa shape index (κ1) is 23.5. The van der Waals surface area contributed by atoms with Crippen LogP contribution < -0.4 is 0 Å². The van der Waals surface area contributed by atoms with Crippen molar-refractivity contribution < 1.29 is 65.5 Å². The monoisotopic (exact) mass is 406 g/mol. The highest BCUT2D eigenvalue weighted by molar-refractivity contribution is 7.65. The number of hydrogen-bond donors (Lipinski definition) is 11. The van der Waals surface area contributed by atoms with Crippen LogP contribution in [0.2, 0.25) is 0 Å². The molecule has 0 aromatic carbocycles. The lowest BCUT2D eigenvalue weighted by atomic mass is 9.84. The van der Waals surface area contributed by atoms with E-state index >= 15 is 0 Å². The molecule has 0 amide bonds. The zero-order valence-corrected chi connectivity index (χ0v) is 14.1. The highest BCUT2D eigenvalue weighted by atomic mass is 31.1. The molecule has 0 aromatic heterocycles. The van der Waals surface area contributed by atoms with Gasteiger partial charge in [-0.3, -0.25) is 4.79 Å². The molecule has 14 heteroatoms. The molecule has 1 unspecified atom stereocenters. The van der Waals surface area contributed by atoms with E-state index in [2.05, 4.69) is 0 Å². The van der Waals surface area contributed by atoms with Crippen molar-refractivity contribution in [3.63, 3.8) is 0 Å². The summed E-state index contributed by atoms with van der Waals surface area (Å²) in [6, 6.07) is 0. The first-order chi connectivity index (χ1) is 11.8. The molecule has 0 spiro atoms. The molecule has 11 N–H and O–H groups in total. The first-order valence-corrected chi connectivity index (χ1v) is 8.79. The number of carbonyl (C=O) groups excluding carboxylic acids is 1. The van der Waals surface area contributed by atoms with Gasteiger partial charge in [-0.1, -0.05) is 0 Å². The molecule has 0 bridgehead atoms. The van der Waals surface area contributed by atoms with E-state index in [4.69, 9.17) is 5.11 Å². The smallest absolute Gasteiger partial charge is 0.222 e. The van der Waals surface area contributed by atoms with E-state index in [1.54, 1.807) is 0 Å². The molecule has 0 heterocycles. The van der Waals surface area contributed by atoms with Gasteiger partial charge in [-0.2, -0.15) is 0 Å². The minimum atomic E-state index is -4.39. The lowest BCUT2D eigenvalue weighted by molar-refractivity contribution is -0.238. The Bertz CT molecular complexity index is 513. The number of rotatable bonds is 7. The number of aliphatic hydroxyl groups excluding tert-OH is 10. The highest BCUT2D eigenvalue weighted by Gasteiger charge is 2.62. The highest BCUT2D eigenvalue weighted by Crippen LogP contribution is 2.48. The van der Waals surface area contributed by atoms with Crippen molar-refractivity contribution in [3.8, 4) is 0 Å². The average molecular weight is 406 g/mol. The molecule has 1 aliphatic carbocycles. The average Bonchev–Trinajstić information content (AvgIpc) is 2.65. The van der Waals surface area contributed by atoms with Gasteiger partial charge in [-0.05, 0) is 0 Å². The summed E-state index contributed by atoms with van der Waals surface area (Å²) in [6.07, 6.45) is -21.4. The topological polar surface area (TPSA) is 257 Å². The maximum atomic E-state index is 12.3. The van der Waals surface area contributed by atoms with Crippen LogP contribution in [0.15, 0.2) is 0 Å². The van der Waals surface area contributed by atoms with E-state index in [0.717, 1.165) is 0 Å². The van der Waals surface area contributed by atoms with E-state index in [1.807, 2.05) is 0 Å². The van der Waals surface area contributed by atoms with Crippen molar-refractivity contribution in [2.45, 2.75) is 60.3 Å². The first-order valence-electron chi connectivity index (χ1n) is 7.38. The van der Waals surface area contributed by atoms with Crippen molar-refractivity contribution in [1.82, 2.24) is 0 Å². The fourth-order valence-corrected chi connectivity index (χ4v) is 4.26. The standard InChI is InChI=1S/C12H23O13P/c13-1-2(14)3(15)4(16)8(20)11(23)26(25)12(24)9(21)6(18)5(17)7(19)10(12)22/h2-10,13-22,24,26H,1H2/t2-,3-,4+,5-,6-,7+,8-,9-,10-,12-/m1/s1. The quantitative estimate of drug-likeness (QED) is 0.176. The minimum absolute atomic E-state index is 1.06. The van der Waals surface area contributed by atoms with Crippen LogP contribution >= 0.6 is 7.80 Å². The van der Waals surface area contributed by atoms with Crippen molar-refractivity contribution in [2.24, 2.45) is 0 Å². The Labute approximate surface area is 146 Å². The van der Waals surface area contributed by atoms with Crippen LogP contribution in [-0.2, 0) is 9.36 Å². The van der Waals surface area contributed by atoms with Crippen molar-refractivity contribution in [2.75, 3.05) is 6.61 Å². The van der Waals surface area contributed by atoms with Crippen LogP contribution in [0.4, 0.5) is 0 Å². The Hall–Kier alpha value is -0.540. The van der Waals surface area contributed by atoms with Crippen LogP contribution in [0.1, 0.15) is 0 Å². The summed E-state index contributed by atoms with van der Waals surface area (Å²) in [6.45, 7) is -1.06. The summed E-state index contributed by atoms with van der Waals surface area (Å²) < 4.78 is 12.3. The predicted octanol–water partition coefficient (Wildman–Crippen LogP) is -6.98. The fraction of sp³-hybridized carbons (Fsp3) is 0.917. The zero-order chi connectivity index (χ0) is 20.6. The minimum Gasteiger partial charge on any atom is -0.394 e. The molecular weight excluding hydrogens is 383 g/mol. The summed E-state index contributed by atoms with van der Waals surface area (Å²) in [4.78, 5) is 12.0. The largest absolute Gasteiger partial charge is 0.394 e. The fourth-order valence-electron chi connectivity index (χ4n) is 2.55. The van der Waals surface area contributed by atoms with Gasteiger partial charge in [0.2, 0.25) is 5.52 Å². The third-order valence-corrected chi connectivity index (χ3v) is 6.42. The van der Waals surface area contributed by atoms with E-state index in [-0.39, 0.29) is 0 Å². The Morgan fingerprint density at radius 1 is 0.885 bits per heavy atom. The van der Waals surface area contributed by atoms with Crippen LogP contribution in [0.3, 0.4) is 0 Å². The van der Waals surface area contributed by atoms with Gasteiger partial charge in [0.15, 0.2) is 13.1 Å². The third-order valence-electron chi connectivity index (χ3n) is 4.36. The van der Waals surface area contributed by atoms with E-state index in [9.17, 15) is 60.4 Å². The van der Waals surface area contributed by atoms with Gasteiger partial charge in [-0.15, -0.1) is 0 Å². The van der Waals surface area contributed by atoms with Gasteiger partial charge in [0.05, 0.1) is 6.61 Å². The molecule has 1 aliphatic rings. The van der Waals surface area contributed by atoms with E-state index in [0.29, 0.717) is 0 Å². The lowest BCUT2D eigenvalue weighted by Gasteiger charge is -2.46. The number of carbonyl (C=O) groups is 1. The van der Waals surface area contributed by atoms with Crippen molar-refractivity contribution in [3.05, 3.63) is 0 Å². The van der Waals surface area contributed by atoms with Crippen molar-refractivity contribution >= 4 is 13.3 Å². The van der Waals surface area contributed by atoms with Gasteiger partial charge in [0.25, 0.3) is 0 Å². The molecule has 154 valence electrons. The predicted molar refractivity (Wildman–Crippen MR) is 80.1 cm³/mol. The Morgan fingerprint density at radius 3 is 1.69 bits per heavy atom. The molecule has 11 atom stereocenters. The van der Waals surface area contributed by atoms with Crippen LogP contribution in [0.5, 0.6) is 0 Å². The zero-order valence-electron chi connectivity index (χ0n) is 13.1. The normalized spacial score (nSPS) is 41.1. The Kier molecular flexibility index (Phi) is 7.81. The van der Waals surface area contributed by atoms with Gasteiger partial charge in [0, 0.05) is 0 Å². The lowest BCUT2D eigenvalue weighted by Crippen LogP contribution is -2.69. The molecule has 0 saturated heterocycles. The Morgan fingerprint density at radius 2 is 1.31 bits per heavy atom. The summed E-state index contributed by atoms with van der Waals surface area (Å²) in [7, 11) is -4.39. The molecule has 26 heavy (non-hydrogen) atoms. The molecule has 1 fully saturated rings. The molecule has 1 rings (SSSR count). The van der Waals surface area contributed by atoms with Gasteiger partial charge in [-0.25, -0.2) is 0 Å². The van der Waals surface area contributed by atoms with Crippen LogP contribution in [-0.4, -0.2) is 129 Å². The summed E-state index contributed by atoms with van der Waals surface area (Å²) >= 11 is 0. The van der Waals surface area contributed by atoms with Crippen LogP contribution in [0.25, 0.3) is 0 Å².